The van der Waals surface area contributed by atoms with Gasteiger partial charge in [0.2, 0.25) is 0 Å². The van der Waals surface area contributed by atoms with Crippen LogP contribution in [0, 0.1) is 5.82 Å². The van der Waals surface area contributed by atoms with E-state index < -0.39 is 0 Å². The number of nitrogens with one attached hydrogen (secondary N) is 2. The maximum absolute atomic E-state index is 14.0. The molecule has 29 heavy (non-hydrogen) atoms. The topological polar surface area (TPSA) is 105 Å². The summed E-state index contributed by atoms with van der Waals surface area (Å²) in [5.41, 5.74) is 3.90. The number of pyridine rings is 1. The fraction of sp³-hybridized carbons (Fsp3) is 0.100. The van der Waals surface area contributed by atoms with Crippen LogP contribution < -0.4 is 5.32 Å². The van der Waals surface area contributed by atoms with Crippen molar-refractivity contribution in [2.45, 2.75) is 13.0 Å². The first-order chi connectivity index (χ1) is 14.2. The molecule has 0 aliphatic carbocycles. The highest BCUT2D eigenvalue weighted by atomic mass is 19.1. The van der Waals surface area contributed by atoms with Crippen molar-refractivity contribution < 1.29 is 4.39 Å². The van der Waals surface area contributed by atoms with E-state index in [-0.39, 0.29) is 11.9 Å². The smallest absolute Gasteiger partial charge is 0.182 e. The SMILES string of the molecule is CC(Nc1ncnc2nc[nH]c12)c1nnc2ccc(F)cc2c1-c1ccccn1. The zero-order chi connectivity index (χ0) is 19.8. The molecule has 0 saturated heterocycles. The van der Waals surface area contributed by atoms with Crippen molar-refractivity contribution in [3.63, 3.8) is 0 Å². The van der Waals surface area contributed by atoms with Gasteiger partial charge in [-0.25, -0.2) is 19.3 Å². The standard InChI is InChI=1S/C20H15FN8/c1-11(27-20-18-19(24-9-23-18)25-10-26-20)17-16(15-4-2-3-7-22-15)13-8-12(21)5-6-14(13)28-29-17/h2-11H,1H3,(H2,23,24,25,26,27). The van der Waals surface area contributed by atoms with Crippen molar-refractivity contribution >= 4 is 27.9 Å². The van der Waals surface area contributed by atoms with Crippen molar-refractivity contribution in [3.8, 4) is 11.3 Å². The Morgan fingerprint density at radius 3 is 2.83 bits per heavy atom. The van der Waals surface area contributed by atoms with E-state index in [1.165, 1.54) is 18.5 Å². The van der Waals surface area contributed by atoms with Gasteiger partial charge in [0.1, 0.15) is 17.7 Å². The number of aromatic amines is 1. The fourth-order valence-electron chi connectivity index (χ4n) is 3.32. The summed E-state index contributed by atoms with van der Waals surface area (Å²) in [7, 11) is 0. The first-order valence-corrected chi connectivity index (χ1v) is 8.98. The van der Waals surface area contributed by atoms with E-state index in [9.17, 15) is 4.39 Å². The van der Waals surface area contributed by atoms with Gasteiger partial charge in [-0.15, -0.1) is 0 Å². The molecule has 5 rings (SSSR count). The zero-order valence-corrected chi connectivity index (χ0v) is 15.3. The predicted octanol–water partition coefficient (Wildman–Crippen LogP) is 3.67. The first kappa shape index (κ1) is 17.1. The molecule has 0 saturated carbocycles. The van der Waals surface area contributed by atoms with E-state index >= 15 is 0 Å². The molecule has 2 N–H and O–H groups in total. The fourth-order valence-corrected chi connectivity index (χ4v) is 3.32. The van der Waals surface area contributed by atoms with Gasteiger partial charge in [-0.2, -0.15) is 10.2 Å². The monoisotopic (exact) mass is 386 g/mol. The number of imidazole rings is 1. The molecule has 0 bridgehead atoms. The van der Waals surface area contributed by atoms with Crippen molar-refractivity contribution in [3.05, 3.63) is 66.8 Å². The van der Waals surface area contributed by atoms with Crippen LogP contribution in [0.4, 0.5) is 10.2 Å². The molecule has 4 aromatic heterocycles. The van der Waals surface area contributed by atoms with Crippen molar-refractivity contribution in [2.75, 3.05) is 5.32 Å². The molecular weight excluding hydrogens is 371 g/mol. The summed E-state index contributed by atoms with van der Waals surface area (Å²) in [6.07, 6.45) is 4.70. The van der Waals surface area contributed by atoms with Gasteiger partial charge >= 0.3 is 0 Å². The molecule has 9 heteroatoms. The summed E-state index contributed by atoms with van der Waals surface area (Å²) in [6, 6.07) is 9.73. The lowest BCUT2D eigenvalue weighted by molar-refractivity contribution is 0.629. The van der Waals surface area contributed by atoms with Gasteiger partial charge < -0.3 is 10.3 Å². The molecule has 5 aromatic rings. The summed E-state index contributed by atoms with van der Waals surface area (Å²) < 4.78 is 14.0. The van der Waals surface area contributed by atoms with Crippen LogP contribution in [0.25, 0.3) is 33.3 Å². The van der Waals surface area contributed by atoms with Gasteiger partial charge in [0.05, 0.1) is 29.3 Å². The Kier molecular flexibility index (Phi) is 4.05. The lowest BCUT2D eigenvalue weighted by Gasteiger charge is -2.18. The maximum atomic E-state index is 14.0. The zero-order valence-electron chi connectivity index (χ0n) is 15.3. The van der Waals surface area contributed by atoms with Crippen molar-refractivity contribution in [1.29, 1.82) is 0 Å². The molecule has 1 aromatic carbocycles. The molecule has 0 fully saturated rings. The number of rotatable bonds is 4. The van der Waals surface area contributed by atoms with Crippen LogP contribution in [0.5, 0.6) is 0 Å². The number of benzene rings is 1. The van der Waals surface area contributed by atoms with E-state index in [4.69, 9.17) is 0 Å². The molecular formula is C20H15FN8. The second-order valence-electron chi connectivity index (χ2n) is 6.53. The lowest BCUT2D eigenvalue weighted by atomic mass is 10.00. The van der Waals surface area contributed by atoms with Crippen LogP contribution >= 0.6 is 0 Å². The Labute approximate surface area is 164 Å². The highest BCUT2D eigenvalue weighted by molar-refractivity contribution is 5.94. The van der Waals surface area contributed by atoms with E-state index in [1.807, 2.05) is 25.1 Å². The third kappa shape index (κ3) is 3.02. The average molecular weight is 386 g/mol. The summed E-state index contributed by atoms with van der Waals surface area (Å²) in [5, 5.41) is 12.7. The quantitative estimate of drug-likeness (QED) is 0.485. The number of halogens is 1. The summed E-state index contributed by atoms with van der Waals surface area (Å²) in [4.78, 5) is 20.1. The van der Waals surface area contributed by atoms with Gasteiger partial charge in [0, 0.05) is 17.1 Å². The normalized spacial score (nSPS) is 12.3. The molecule has 0 radical (unpaired) electrons. The van der Waals surface area contributed by atoms with Crippen molar-refractivity contribution in [1.82, 2.24) is 35.1 Å². The minimum absolute atomic E-state index is 0.298. The molecule has 0 aliphatic heterocycles. The number of hydrogen-bond donors (Lipinski definition) is 2. The minimum atomic E-state index is -0.343. The van der Waals surface area contributed by atoms with Gasteiger partial charge in [0.25, 0.3) is 0 Å². The summed E-state index contributed by atoms with van der Waals surface area (Å²) >= 11 is 0. The van der Waals surface area contributed by atoms with Gasteiger partial charge in [0.15, 0.2) is 11.5 Å². The number of nitrogens with zero attached hydrogens (tertiary/aromatic N) is 6. The molecule has 8 nitrogen and oxygen atoms in total. The first-order valence-electron chi connectivity index (χ1n) is 8.98. The van der Waals surface area contributed by atoms with E-state index in [2.05, 4.69) is 40.4 Å². The molecule has 1 unspecified atom stereocenters. The van der Waals surface area contributed by atoms with E-state index in [1.54, 1.807) is 18.6 Å². The van der Waals surface area contributed by atoms with Gasteiger partial charge in [-0.1, -0.05) is 6.07 Å². The number of anilines is 1. The summed E-state index contributed by atoms with van der Waals surface area (Å²) in [6.45, 7) is 1.94. The number of H-pyrrole nitrogens is 1. The van der Waals surface area contributed by atoms with Crippen LogP contribution in [0.3, 0.4) is 0 Å². The van der Waals surface area contributed by atoms with Crippen LogP contribution in [-0.2, 0) is 0 Å². The van der Waals surface area contributed by atoms with Gasteiger partial charge in [-0.05, 0) is 37.3 Å². The predicted molar refractivity (Wildman–Crippen MR) is 106 cm³/mol. The Balaban J connectivity index is 1.67. The second kappa shape index (κ2) is 6.86. The molecule has 0 aliphatic rings. The average Bonchev–Trinajstić information content (AvgIpc) is 3.23. The Morgan fingerprint density at radius 2 is 1.97 bits per heavy atom. The van der Waals surface area contributed by atoms with Crippen molar-refractivity contribution in [2.24, 2.45) is 0 Å². The third-order valence-electron chi connectivity index (χ3n) is 4.66. The lowest BCUT2D eigenvalue weighted by Crippen LogP contribution is -2.13. The van der Waals surface area contributed by atoms with Gasteiger partial charge in [-0.3, -0.25) is 4.98 Å². The Bertz CT molecular complexity index is 1320. The maximum Gasteiger partial charge on any atom is 0.182 e. The van der Waals surface area contributed by atoms with E-state index in [0.29, 0.717) is 39.3 Å². The second-order valence-corrected chi connectivity index (χ2v) is 6.53. The minimum Gasteiger partial charge on any atom is -0.360 e. The van der Waals surface area contributed by atoms with E-state index in [0.717, 1.165) is 5.56 Å². The third-order valence-corrected chi connectivity index (χ3v) is 4.66. The highest BCUT2D eigenvalue weighted by Crippen LogP contribution is 2.33. The Morgan fingerprint density at radius 1 is 1.03 bits per heavy atom. The molecule has 0 amide bonds. The molecule has 0 spiro atoms. The van der Waals surface area contributed by atoms with Crippen LogP contribution in [0.1, 0.15) is 18.7 Å². The molecule has 142 valence electrons. The highest BCUT2D eigenvalue weighted by Gasteiger charge is 2.20. The Hall–Kier alpha value is -4.01. The number of fused-ring (bicyclic) bond motifs is 2. The van der Waals surface area contributed by atoms with Crippen LogP contribution in [0.15, 0.2) is 55.2 Å². The van der Waals surface area contributed by atoms with Crippen LogP contribution in [-0.4, -0.2) is 35.1 Å². The molecule has 4 heterocycles. The number of aromatic nitrogens is 7. The largest absolute Gasteiger partial charge is 0.360 e. The summed E-state index contributed by atoms with van der Waals surface area (Å²) in [5.74, 6) is 0.248. The van der Waals surface area contributed by atoms with Crippen LogP contribution in [0.2, 0.25) is 0 Å². The number of hydrogen-bond acceptors (Lipinski definition) is 7. The molecule has 1 atom stereocenters.